The van der Waals surface area contributed by atoms with Gasteiger partial charge >= 0.3 is 0 Å². The minimum atomic E-state index is -0.125. The van der Waals surface area contributed by atoms with Gasteiger partial charge in [-0.2, -0.15) is 4.98 Å². The first kappa shape index (κ1) is 17.0. The summed E-state index contributed by atoms with van der Waals surface area (Å²) in [6, 6.07) is 7.32. The van der Waals surface area contributed by atoms with E-state index in [0.29, 0.717) is 23.1 Å². The fourth-order valence-electron chi connectivity index (χ4n) is 2.92. The highest BCUT2D eigenvalue weighted by Crippen LogP contribution is 2.30. The Hall–Kier alpha value is -2.83. The number of hydrogen-bond donors (Lipinski definition) is 2. The summed E-state index contributed by atoms with van der Waals surface area (Å²) in [4.78, 5) is 22.5. The molecule has 0 radical (unpaired) electrons. The third-order valence-electron chi connectivity index (χ3n) is 4.09. The van der Waals surface area contributed by atoms with E-state index in [1.165, 1.54) is 26.2 Å². The monoisotopic (exact) mass is 341 g/mol. The second kappa shape index (κ2) is 7.83. The molecule has 25 heavy (non-hydrogen) atoms. The van der Waals surface area contributed by atoms with Gasteiger partial charge in [0.2, 0.25) is 11.9 Å². The highest BCUT2D eigenvalue weighted by atomic mass is 16.5. The summed E-state index contributed by atoms with van der Waals surface area (Å²) in [7, 11) is 1.60. The minimum Gasteiger partial charge on any atom is -0.495 e. The van der Waals surface area contributed by atoms with E-state index in [2.05, 4.69) is 25.5 Å². The largest absolute Gasteiger partial charge is 0.495 e. The summed E-state index contributed by atoms with van der Waals surface area (Å²) in [5, 5.41) is 5.95. The zero-order chi connectivity index (χ0) is 17.6. The summed E-state index contributed by atoms with van der Waals surface area (Å²) >= 11 is 0. The molecule has 1 fully saturated rings. The lowest BCUT2D eigenvalue weighted by molar-refractivity contribution is -0.114. The van der Waals surface area contributed by atoms with Crippen molar-refractivity contribution in [1.82, 2.24) is 9.97 Å². The number of carbonyl (C=O) groups excluding carboxylic acids is 1. The molecule has 1 aliphatic rings. The van der Waals surface area contributed by atoms with Gasteiger partial charge in [0.15, 0.2) is 0 Å². The SMILES string of the molecule is COc1ccc(NC(C)=O)cc1Nc1nccc(N2CCCCC2)n1. The Morgan fingerprint density at radius 2 is 2.00 bits per heavy atom. The van der Waals surface area contributed by atoms with Crippen LogP contribution in [0.15, 0.2) is 30.5 Å². The maximum absolute atomic E-state index is 11.3. The van der Waals surface area contributed by atoms with Crippen molar-refractivity contribution in [2.75, 3.05) is 35.7 Å². The van der Waals surface area contributed by atoms with Crippen LogP contribution < -0.4 is 20.3 Å². The van der Waals surface area contributed by atoms with Gasteiger partial charge in [-0.25, -0.2) is 4.98 Å². The number of hydrogen-bond acceptors (Lipinski definition) is 6. The van der Waals surface area contributed by atoms with Crippen molar-refractivity contribution in [2.45, 2.75) is 26.2 Å². The van der Waals surface area contributed by atoms with Crippen LogP contribution in [-0.4, -0.2) is 36.1 Å². The molecule has 0 spiro atoms. The molecule has 3 rings (SSSR count). The molecule has 1 amide bonds. The van der Waals surface area contributed by atoms with Gasteiger partial charge in [-0.3, -0.25) is 4.79 Å². The number of nitrogens with one attached hydrogen (secondary N) is 2. The third kappa shape index (κ3) is 4.37. The number of rotatable bonds is 5. The minimum absolute atomic E-state index is 0.125. The Kier molecular flexibility index (Phi) is 5.33. The zero-order valence-electron chi connectivity index (χ0n) is 14.6. The van der Waals surface area contributed by atoms with E-state index in [-0.39, 0.29) is 5.91 Å². The van der Waals surface area contributed by atoms with Crippen LogP contribution >= 0.6 is 0 Å². The molecule has 0 atom stereocenters. The summed E-state index contributed by atoms with van der Waals surface area (Å²) < 4.78 is 5.38. The molecule has 7 heteroatoms. The highest BCUT2D eigenvalue weighted by Gasteiger charge is 2.13. The Balaban J connectivity index is 1.82. The first-order chi connectivity index (χ1) is 12.2. The molecule has 2 heterocycles. The van der Waals surface area contributed by atoms with Gasteiger partial charge in [-0.05, 0) is 43.5 Å². The number of piperidine rings is 1. The van der Waals surface area contributed by atoms with E-state index < -0.39 is 0 Å². The maximum atomic E-state index is 11.3. The summed E-state index contributed by atoms with van der Waals surface area (Å²) in [5.41, 5.74) is 1.38. The molecule has 0 saturated carbocycles. The Bertz CT molecular complexity index is 744. The smallest absolute Gasteiger partial charge is 0.229 e. The fraction of sp³-hybridized carbons (Fsp3) is 0.389. The number of nitrogens with zero attached hydrogens (tertiary/aromatic N) is 3. The molecule has 1 aliphatic heterocycles. The van der Waals surface area contributed by atoms with Crippen LogP contribution in [0.3, 0.4) is 0 Å². The first-order valence-electron chi connectivity index (χ1n) is 8.46. The van der Waals surface area contributed by atoms with Crippen molar-refractivity contribution in [3.05, 3.63) is 30.5 Å². The van der Waals surface area contributed by atoms with Crippen molar-refractivity contribution >= 4 is 29.0 Å². The second-order valence-corrected chi connectivity index (χ2v) is 6.01. The van der Waals surface area contributed by atoms with Gasteiger partial charge in [0.25, 0.3) is 0 Å². The van der Waals surface area contributed by atoms with Crippen LogP contribution in [0.2, 0.25) is 0 Å². The van der Waals surface area contributed by atoms with Crippen LogP contribution in [-0.2, 0) is 4.79 Å². The zero-order valence-corrected chi connectivity index (χ0v) is 14.6. The van der Waals surface area contributed by atoms with Crippen LogP contribution in [0.1, 0.15) is 26.2 Å². The first-order valence-corrected chi connectivity index (χ1v) is 8.46. The Labute approximate surface area is 147 Å². The topological polar surface area (TPSA) is 79.4 Å². The molecule has 1 aromatic heterocycles. The van der Waals surface area contributed by atoms with E-state index in [1.54, 1.807) is 31.5 Å². The highest BCUT2D eigenvalue weighted by molar-refractivity contribution is 5.89. The summed E-state index contributed by atoms with van der Waals surface area (Å²) in [6.07, 6.45) is 5.42. The second-order valence-electron chi connectivity index (χ2n) is 6.01. The standard InChI is InChI=1S/C18H23N5O2/c1-13(24)20-14-6-7-16(25-2)15(12-14)21-18-19-9-8-17(22-18)23-10-4-3-5-11-23/h6-9,12H,3-5,10-11H2,1-2H3,(H,20,24)(H,19,21,22). The van der Waals surface area contributed by atoms with Gasteiger partial charge < -0.3 is 20.3 Å². The van der Waals surface area contributed by atoms with Gasteiger partial charge in [0.1, 0.15) is 11.6 Å². The lowest BCUT2D eigenvalue weighted by Crippen LogP contribution is -2.30. The molecule has 2 aromatic rings. The van der Waals surface area contributed by atoms with Crippen LogP contribution in [0, 0.1) is 0 Å². The van der Waals surface area contributed by atoms with Crippen LogP contribution in [0.5, 0.6) is 5.75 Å². The Morgan fingerprint density at radius 3 is 2.72 bits per heavy atom. The summed E-state index contributed by atoms with van der Waals surface area (Å²) in [5.74, 6) is 1.95. The van der Waals surface area contributed by atoms with E-state index in [0.717, 1.165) is 18.9 Å². The van der Waals surface area contributed by atoms with Crippen LogP contribution in [0.4, 0.5) is 23.1 Å². The molecule has 1 saturated heterocycles. The maximum Gasteiger partial charge on any atom is 0.229 e. The molecule has 0 aliphatic carbocycles. The predicted molar refractivity (Wildman–Crippen MR) is 98.7 cm³/mol. The number of anilines is 4. The lowest BCUT2D eigenvalue weighted by Gasteiger charge is -2.27. The van der Waals surface area contributed by atoms with E-state index in [9.17, 15) is 4.79 Å². The van der Waals surface area contributed by atoms with Crippen molar-refractivity contribution in [1.29, 1.82) is 0 Å². The quantitative estimate of drug-likeness (QED) is 0.869. The number of ether oxygens (including phenoxy) is 1. The van der Waals surface area contributed by atoms with Gasteiger partial charge in [-0.1, -0.05) is 0 Å². The van der Waals surface area contributed by atoms with Crippen molar-refractivity contribution in [3.63, 3.8) is 0 Å². The fourth-order valence-corrected chi connectivity index (χ4v) is 2.92. The number of methoxy groups -OCH3 is 1. The van der Waals surface area contributed by atoms with E-state index >= 15 is 0 Å². The summed E-state index contributed by atoms with van der Waals surface area (Å²) in [6.45, 7) is 3.53. The number of benzene rings is 1. The van der Waals surface area contributed by atoms with Crippen molar-refractivity contribution in [2.24, 2.45) is 0 Å². The number of amides is 1. The van der Waals surface area contributed by atoms with Gasteiger partial charge in [-0.15, -0.1) is 0 Å². The third-order valence-corrected chi connectivity index (χ3v) is 4.09. The van der Waals surface area contributed by atoms with E-state index in [4.69, 9.17) is 4.74 Å². The van der Waals surface area contributed by atoms with Crippen LogP contribution in [0.25, 0.3) is 0 Å². The number of carbonyl (C=O) groups is 1. The Morgan fingerprint density at radius 1 is 1.20 bits per heavy atom. The molecule has 132 valence electrons. The van der Waals surface area contributed by atoms with Gasteiger partial charge in [0, 0.05) is 31.9 Å². The molecule has 0 unspecified atom stereocenters. The average molecular weight is 341 g/mol. The molecule has 1 aromatic carbocycles. The van der Waals surface area contributed by atoms with E-state index in [1.807, 2.05) is 6.07 Å². The van der Waals surface area contributed by atoms with Crippen molar-refractivity contribution < 1.29 is 9.53 Å². The normalized spacial score (nSPS) is 14.1. The molecular weight excluding hydrogens is 318 g/mol. The molecule has 7 nitrogen and oxygen atoms in total. The van der Waals surface area contributed by atoms with Crippen molar-refractivity contribution in [3.8, 4) is 5.75 Å². The molecule has 0 bridgehead atoms. The number of aromatic nitrogens is 2. The molecular formula is C18H23N5O2. The average Bonchev–Trinajstić information content (AvgIpc) is 2.62. The molecule has 2 N–H and O–H groups in total. The lowest BCUT2D eigenvalue weighted by atomic mass is 10.1. The predicted octanol–water partition coefficient (Wildman–Crippen LogP) is 3.18. The van der Waals surface area contributed by atoms with Gasteiger partial charge in [0.05, 0.1) is 12.8 Å².